The highest BCUT2D eigenvalue weighted by molar-refractivity contribution is 8.13. The third kappa shape index (κ3) is 20.0. The Labute approximate surface area is 407 Å². The fraction of sp³-hybridized carbons (Fsp3) is 0.128. The Hall–Kier alpha value is -4.31. The van der Waals surface area contributed by atoms with Crippen molar-refractivity contribution >= 4 is 88.6 Å². The maximum Gasteiger partial charge on any atom is 0.502 e. The summed E-state index contributed by atoms with van der Waals surface area (Å²) >= 11 is 3.38. The third-order valence-corrected chi connectivity index (χ3v) is 13.0. The number of halogens is 16. The molecule has 0 radical (unpaired) electrons. The Balaban J connectivity index is 0.000000834. The summed E-state index contributed by atoms with van der Waals surface area (Å²) in [5, 5.41) is 0. The summed E-state index contributed by atoms with van der Waals surface area (Å²) in [5.74, 6) is -4.38. The highest BCUT2D eigenvalue weighted by Gasteiger charge is 2.49. The van der Waals surface area contributed by atoms with E-state index in [0.717, 1.165) is 24.3 Å². The lowest BCUT2D eigenvalue weighted by atomic mass is 10.1. The Kier molecular flexibility index (Phi) is 24.9. The van der Waals surface area contributed by atoms with E-state index in [2.05, 4.69) is 61.7 Å². The SMILES string of the molecule is C[n+]1ccc(-c2cc[n+](C)cc2)cc1.Cl.Cl.Fc1ccccc1S.Fc1ccccc1SC(F)(F)F.O=S(=O)(Cl)c1ccc(S(=O)(=O)C(F)(F)F)c(F)c1.O=S(=O)(c1ccccc1F)C(F)(F)F. The summed E-state index contributed by atoms with van der Waals surface area (Å²) in [4.78, 5) is -3.87. The molecule has 0 aliphatic heterocycles. The van der Waals surface area contributed by atoms with E-state index >= 15 is 0 Å². The monoisotopic (exact) mass is 1140 g/mol. The number of thioether (sulfide) groups is 1. The van der Waals surface area contributed by atoms with Crippen LogP contribution in [0.2, 0.25) is 0 Å². The lowest BCUT2D eigenvalue weighted by Crippen LogP contribution is -2.26. The first-order chi connectivity index (χ1) is 30.2. The first kappa shape index (κ1) is 63.7. The van der Waals surface area contributed by atoms with Crippen molar-refractivity contribution in [1.29, 1.82) is 0 Å². The molecule has 29 heteroatoms. The highest BCUT2D eigenvalue weighted by atomic mass is 35.7. The zero-order valence-corrected chi connectivity index (χ0v) is 40.4. The molecule has 0 spiro atoms. The molecule has 2 aromatic heterocycles. The fourth-order valence-electron chi connectivity index (χ4n) is 4.25. The molecular weight excluding hydrogens is 1110 g/mol. The van der Waals surface area contributed by atoms with Gasteiger partial charge in [-0.25, -0.2) is 51.9 Å². The number of benzene rings is 4. The summed E-state index contributed by atoms with van der Waals surface area (Å²) in [5.41, 5.74) is -13.1. The summed E-state index contributed by atoms with van der Waals surface area (Å²) in [6.45, 7) is 0. The number of rotatable bonds is 5. The van der Waals surface area contributed by atoms with Crippen LogP contribution in [0.25, 0.3) is 11.1 Å². The van der Waals surface area contributed by atoms with Gasteiger partial charge < -0.3 is 0 Å². The maximum absolute atomic E-state index is 13.2. The van der Waals surface area contributed by atoms with Crippen LogP contribution < -0.4 is 9.13 Å². The molecule has 4 aromatic carbocycles. The Morgan fingerprint density at radius 1 is 0.500 bits per heavy atom. The van der Waals surface area contributed by atoms with Crippen LogP contribution >= 0.6 is 59.9 Å². The normalized spacial score (nSPS) is 11.5. The van der Waals surface area contributed by atoms with Gasteiger partial charge in [0.05, 0.1) is 9.79 Å². The molecule has 6 aromatic rings. The zero-order chi connectivity index (χ0) is 50.5. The van der Waals surface area contributed by atoms with Gasteiger partial charge in [0.2, 0.25) is 0 Å². The Morgan fingerprint density at radius 2 is 0.868 bits per heavy atom. The molecule has 8 nitrogen and oxygen atoms in total. The molecule has 0 saturated heterocycles. The van der Waals surface area contributed by atoms with Crippen LogP contribution in [-0.2, 0) is 42.8 Å². The molecule has 0 bridgehead atoms. The van der Waals surface area contributed by atoms with Crippen molar-refractivity contribution < 1.29 is 91.5 Å². The van der Waals surface area contributed by atoms with Crippen LogP contribution in [0, 0.1) is 23.3 Å². The minimum Gasteiger partial charge on any atom is -0.214 e. The van der Waals surface area contributed by atoms with Gasteiger partial charge in [-0.2, -0.15) is 39.5 Å². The van der Waals surface area contributed by atoms with Crippen molar-refractivity contribution in [3.8, 4) is 11.1 Å². The van der Waals surface area contributed by atoms with E-state index in [4.69, 9.17) is 10.7 Å². The number of pyridine rings is 2. The average Bonchev–Trinajstić information content (AvgIpc) is 3.20. The van der Waals surface area contributed by atoms with Crippen molar-refractivity contribution in [2.45, 2.75) is 41.0 Å². The van der Waals surface area contributed by atoms with Crippen LogP contribution in [0.15, 0.2) is 165 Å². The van der Waals surface area contributed by atoms with Crippen LogP contribution in [0.1, 0.15) is 0 Å². The van der Waals surface area contributed by atoms with E-state index in [1.165, 1.54) is 29.3 Å². The van der Waals surface area contributed by atoms with Crippen LogP contribution in [0.5, 0.6) is 0 Å². The van der Waals surface area contributed by atoms with Gasteiger partial charge >= 0.3 is 16.5 Å². The second kappa shape index (κ2) is 26.6. The predicted octanol–water partition coefficient (Wildman–Crippen LogP) is 11.6. The number of aromatic nitrogens is 2. The van der Waals surface area contributed by atoms with Crippen LogP contribution in [0.3, 0.4) is 0 Å². The van der Waals surface area contributed by atoms with Gasteiger partial charge in [0.15, 0.2) is 24.8 Å². The lowest BCUT2D eigenvalue weighted by Gasteiger charge is -2.09. The van der Waals surface area contributed by atoms with Gasteiger partial charge in [0.25, 0.3) is 28.7 Å². The molecule has 0 unspecified atom stereocenters. The summed E-state index contributed by atoms with van der Waals surface area (Å²) in [6.07, 6.45) is 8.23. The van der Waals surface area contributed by atoms with Crippen molar-refractivity contribution in [2.75, 3.05) is 0 Å². The quantitative estimate of drug-likeness (QED) is 0.0602. The minimum atomic E-state index is -5.88. The molecule has 68 heavy (non-hydrogen) atoms. The van der Waals surface area contributed by atoms with E-state index in [9.17, 15) is 82.3 Å². The van der Waals surface area contributed by atoms with E-state index < -0.39 is 94.0 Å². The zero-order valence-electron chi connectivity index (χ0n) is 33.8. The maximum atomic E-state index is 13.2. The van der Waals surface area contributed by atoms with Gasteiger partial charge in [-0.3, -0.25) is 0 Å². The largest absolute Gasteiger partial charge is 0.502 e. The second-order valence-corrected chi connectivity index (χ2v) is 20.3. The summed E-state index contributed by atoms with van der Waals surface area (Å²) in [6, 6.07) is 23.7. The van der Waals surface area contributed by atoms with Gasteiger partial charge in [-0.1, -0.05) is 36.4 Å². The van der Waals surface area contributed by atoms with E-state index in [-0.39, 0.29) is 42.8 Å². The van der Waals surface area contributed by atoms with E-state index in [1.807, 2.05) is 23.2 Å². The number of sulfone groups is 2. The molecule has 0 N–H and O–H groups in total. The highest BCUT2D eigenvalue weighted by Crippen LogP contribution is 2.38. The molecule has 0 amide bonds. The average molecular weight is 1140 g/mol. The van der Waals surface area contributed by atoms with Crippen molar-refractivity contribution in [3.63, 3.8) is 0 Å². The molecular formula is C39H32Cl3F13N2O6S5+2. The first-order valence-electron chi connectivity index (χ1n) is 17.1. The van der Waals surface area contributed by atoms with Gasteiger partial charge in [0, 0.05) is 39.8 Å². The molecule has 374 valence electrons. The number of hydrogen-bond donors (Lipinski definition) is 1. The number of alkyl halides is 9. The van der Waals surface area contributed by atoms with E-state index in [0.29, 0.717) is 23.1 Å². The Morgan fingerprint density at radius 3 is 1.19 bits per heavy atom. The Bertz CT molecular complexity index is 2830. The number of hydrogen-bond acceptors (Lipinski definition) is 8. The third-order valence-electron chi connectivity index (χ3n) is 7.42. The fourth-order valence-corrected chi connectivity index (χ4v) is 7.38. The van der Waals surface area contributed by atoms with Crippen LogP contribution in [0.4, 0.5) is 57.1 Å². The van der Waals surface area contributed by atoms with Gasteiger partial charge in [-0.15, -0.1) is 37.4 Å². The minimum absolute atomic E-state index is 0. The molecule has 0 atom stereocenters. The predicted molar refractivity (Wildman–Crippen MR) is 233 cm³/mol. The smallest absolute Gasteiger partial charge is 0.214 e. The molecule has 6 rings (SSSR count). The van der Waals surface area contributed by atoms with Crippen molar-refractivity contribution in [1.82, 2.24) is 0 Å². The molecule has 0 saturated carbocycles. The number of aryl methyl sites for hydroxylation is 2. The molecule has 2 heterocycles. The first-order valence-corrected chi connectivity index (χ1v) is 23.7. The summed E-state index contributed by atoms with van der Waals surface area (Å²) in [7, 11) is -6.97. The summed E-state index contributed by atoms with van der Waals surface area (Å²) < 4.78 is 227. The van der Waals surface area contributed by atoms with Gasteiger partial charge in [-0.05, 0) is 77.5 Å². The van der Waals surface area contributed by atoms with E-state index in [1.54, 1.807) is 18.2 Å². The second-order valence-electron chi connectivity index (χ2n) is 12.3. The van der Waals surface area contributed by atoms with Crippen molar-refractivity contribution in [2.24, 2.45) is 14.1 Å². The molecule has 0 aliphatic rings. The van der Waals surface area contributed by atoms with Crippen LogP contribution in [-0.4, -0.2) is 41.8 Å². The number of nitrogens with zero attached hydrogens (tertiary/aromatic N) is 2. The lowest BCUT2D eigenvalue weighted by molar-refractivity contribution is -0.671. The molecule has 0 fully saturated rings. The standard InChI is InChI=1S/C12H14N2.C7H3ClF4O4S2.C7H4F4O2S.C7H4F4S.C6H5FS.2ClH/c1-13-7-3-11(4-8-13)12-5-9-14(2)10-6-12;8-18(15,16)4-1-2-6(5(9)3-4)17(13,14)7(10,11)12;8-5-3-1-2-4-6(5)14(12,13)7(9,10)11;8-5-3-1-2-4-6(5)12-7(9,10)11;7-5-3-1-2-4-6(5)8;;/h3-10H,1-2H3;1-3H;1-4H;1-4H;1-4,8H;2*1H/q+2;;;;;;. The van der Waals surface area contributed by atoms with Crippen molar-refractivity contribution in [3.05, 3.63) is 163 Å². The number of thiol groups is 1. The van der Waals surface area contributed by atoms with Gasteiger partial charge in [0.1, 0.15) is 47.2 Å². The topological polar surface area (TPSA) is 110 Å². The molecule has 0 aliphatic carbocycles.